The molecule has 5 heteroatoms. The van der Waals surface area contributed by atoms with Crippen molar-refractivity contribution in [1.29, 1.82) is 0 Å². The Labute approximate surface area is 86.1 Å². The van der Waals surface area contributed by atoms with Crippen LogP contribution in [-0.4, -0.2) is 22.6 Å². The van der Waals surface area contributed by atoms with Gasteiger partial charge in [-0.2, -0.15) is 0 Å². The summed E-state index contributed by atoms with van der Waals surface area (Å²) in [5.74, 6) is 0.618. The standard InChI is InChI=1S/C8H13BrN4/c1-2-7(10)5-13-8-11-3-6(9)4-12-8/h3-4,7H,2,5,10H2,1H3,(H,11,12,13). The second kappa shape index (κ2) is 5.14. The van der Waals surface area contributed by atoms with E-state index in [9.17, 15) is 0 Å². The Hall–Kier alpha value is -0.680. The molecule has 3 N–H and O–H groups in total. The quantitative estimate of drug-likeness (QED) is 0.841. The van der Waals surface area contributed by atoms with Crippen molar-refractivity contribution in [2.24, 2.45) is 5.73 Å². The van der Waals surface area contributed by atoms with E-state index in [0.717, 1.165) is 10.9 Å². The summed E-state index contributed by atoms with van der Waals surface area (Å²) >= 11 is 3.26. The minimum absolute atomic E-state index is 0.159. The third-order valence-electron chi connectivity index (χ3n) is 1.67. The fourth-order valence-electron chi connectivity index (χ4n) is 0.770. The van der Waals surface area contributed by atoms with Crippen molar-refractivity contribution in [1.82, 2.24) is 9.97 Å². The Bertz CT molecular complexity index is 249. The third-order valence-corrected chi connectivity index (χ3v) is 2.08. The smallest absolute Gasteiger partial charge is 0.222 e. The highest BCUT2D eigenvalue weighted by Crippen LogP contribution is 2.06. The van der Waals surface area contributed by atoms with Gasteiger partial charge in [-0.3, -0.25) is 0 Å². The number of hydrogen-bond donors (Lipinski definition) is 2. The van der Waals surface area contributed by atoms with Crippen LogP contribution in [0.5, 0.6) is 0 Å². The Morgan fingerprint density at radius 3 is 2.69 bits per heavy atom. The molecular formula is C8H13BrN4. The van der Waals surface area contributed by atoms with Crippen molar-refractivity contribution < 1.29 is 0 Å². The SMILES string of the molecule is CCC(N)CNc1ncc(Br)cn1. The van der Waals surface area contributed by atoms with Gasteiger partial charge in [0.25, 0.3) is 0 Å². The van der Waals surface area contributed by atoms with Crippen LogP contribution in [-0.2, 0) is 0 Å². The number of nitrogens with one attached hydrogen (secondary N) is 1. The Morgan fingerprint density at radius 2 is 2.15 bits per heavy atom. The molecule has 0 fully saturated rings. The molecule has 0 aliphatic heterocycles. The first-order chi connectivity index (χ1) is 6.22. The summed E-state index contributed by atoms with van der Waals surface area (Å²) in [5.41, 5.74) is 5.72. The molecule has 0 spiro atoms. The summed E-state index contributed by atoms with van der Waals surface area (Å²) in [6, 6.07) is 0.159. The fourth-order valence-corrected chi connectivity index (χ4v) is 0.975. The number of aromatic nitrogens is 2. The van der Waals surface area contributed by atoms with Crippen LogP contribution in [0.15, 0.2) is 16.9 Å². The van der Waals surface area contributed by atoms with E-state index >= 15 is 0 Å². The molecule has 1 aromatic rings. The summed E-state index contributed by atoms with van der Waals surface area (Å²) in [4.78, 5) is 8.12. The van der Waals surface area contributed by atoms with Crippen molar-refractivity contribution in [3.05, 3.63) is 16.9 Å². The zero-order valence-electron chi connectivity index (χ0n) is 7.50. The average molecular weight is 245 g/mol. The monoisotopic (exact) mass is 244 g/mol. The minimum Gasteiger partial charge on any atom is -0.353 e. The number of anilines is 1. The van der Waals surface area contributed by atoms with E-state index in [-0.39, 0.29) is 6.04 Å². The van der Waals surface area contributed by atoms with Crippen LogP contribution >= 0.6 is 15.9 Å². The summed E-state index contributed by atoms with van der Waals surface area (Å²) in [6.07, 6.45) is 4.35. The minimum atomic E-state index is 0.159. The highest BCUT2D eigenvalue weighted by Gasteiger charge is 1.99. The topological polar surface area (TPSA) is 63.8 Å². The molecule has 1 atom stereocenters. The van der Waals surface area contributed by atoms with Crippen LogP contribution in [0, 0.1) is 0 Å². The average Bonchev–Trinajstić information content (AvgIpc) is 2.16. The number of hydrogen-bond acceptors (Lipinski definition) is 4. The fraction of sp³-hybridized carbons (Fsp3) is 0.500. The molecule has 1 rings (SSSR count). The molecule has 0 saturated heterocycles. The van der Waals surface area contributed by atoms with Gasteiger partial charge >= 0.3 is 0 Å². The summed E-state index contributed by atoms with van der Waals surface area (Å²) < 4.78 is 0.873. The number of halogens is 1. The van der Waals surface area contributed by atoms with Gasteiger partial charge in [-0.1, -0.05) is 6.92 Å². The van der Waals surface area contributed by atoms with Crippen LogP contribution in [0.2, 0.25) is 0 Å². The maximum Gasteiger partial charge on any atom is 0.222 e. The molecule has 0 amide bonds. The van der Waals surface area contributed by atoms with Crippen LogP contribution in [0.4, 0.5) is 5.95 Å². The first-order valence-corrected chi connectivity index (χ1v) is 4.98. The van der Waals surface area contributed by atoms with Gasteiger partial charge in [0.1, 0.15) is 0 Å². The Kier molecular flexibility index (Phi) is 4.11. The molecule has 13 heavy (non-hydrogen) atoms. The lowest BCUT2D eigenvalue weighted by atomic mass is 10.2. The molecule has 1 aromatic heterocycles. The van der Waals surface area contributed by atoms with E-state index in [2.05, 4.69) is 38.1 Å². The molecule has 1 heterocycles. The second-order valence-corrected chi connectivity index (χ2v) is 3.69. The molecule has 72 valence electrons. The molecule has 0 radical (unpaired) electrons. The third kappa shape index (κ3) is 3.69. The van der Waals surface area contributed by atoms with E-state index in [1.807, 2.05) is 0 Å². The van der Waals surface area contributed by atoms with Gasteiger partial charge in [-0.15, -0.1) is 0 Å². The molecule has 0 aromatic carbocycles. The predicted molar refractivity (Wildman–Crippen MR) is 56.5 cm³/mol. The van der Waals surface area contributed by atoms with Gasteiger partial charge in [0.2, 0.25) is 5.95 Å². The van der Waals surface area contributed by atoms with E-state index < -0.39 is 0 Å². The molecule has 0 bridgehead atoms. The van der Waals surface area contributed by atoms with Gasteiger partial charge < -0.3 is 11.1 Å². The molecule has 0 saturated carbocycles. The lowest BCUT2D eigenvalue weighted by Crippen LogP contribution is -2.28. The summed E-state index contributed by atoms with van der Waals surface area (Å²) in [7, 11) is 0. The molecule has 0 aliphatic carbocycles. The van der Waals surface area contributed by atoms with Crippen LogP contribution in [0.25, 0.3) is 0 Å². The molecule has 4 nitrogen and oxygen atoms in total. The number of rotatable bonds is 4. The summed E-state index contributed by atoms with van der Waals surface area (Å²) in [6.45, 7) is 2.76. The maximum atomic E-state index is 5.72. The van der Waals surface area contributed by atoms with E-state index in [4.69, 9.17) is 5.73 Å². The maximum absolute atomic E-state index is 5.72. The van der Waals surface area contributed by atoms with Crippen molar-refractivity contribution in [2.75, 3.05) is 11.9 Å². The highest BCUT2D eigenvalue weighted by molar-refractivity contribution is 9.10. The Balaban J connectivity index is 2.41. The lowest BCUT2D eigenvalue weighted by molar-refractivity contribution is 0.676. The van der Waals surface area contributed by atoms with Crippen molar-refractivity contribution in [2.45, 2.75) is 19.4 Å². The lowest BCUT2D eigenvalue weighted by Gasteiger charge is -2.09. The molecular weight excluding hydrogens is 232 g/mol. The van der Waals surface area contributed by atoms with E-state index in [1.165, 1.54) is 0 Å². The van der Waals surface area contributed by atoms with Crippen LogP contribution in [0.3, 0.4) is 0 Å². The van der Waals surface area contributed by atoms with Gasteiger partial charge in [0.15, 0.2) is 0 Å². The second-order valence-electron chi connectivity index (χ2n) is 2.77. The van der Waals surface area contributed by atoms with E-state index in [1.54, 1.807) is 12.4 Å². The first-order valence-electron chi connectivity index (χ1n) is 4.19. The zero-order chi connectivity index (χ0) is 9.68. The van der Waals surface area contributed by atoms with Crippen molar-refractivity contribution >= 4 is 21.9 Å². The largest absolute Gasteiger partial charge is 0.353 e. The van der Waals surface area contributed by atoms with Gasteiger partial charge in [-0.05, 0) is 22.4 Å². The number of nitrogens with zero attached hydrogens (tertiary/aromatic N) is 2. The number of nitrogens with two attached hydrogens (primary N) is 1. The Morgan fingerprint density at radius 1 is 1.54 bits per heavy atom. The van der Waals surface area contributed by atoms with Crippen molar-refractivity contribution in [3.63, 3.8) is 0 Å². The molecule has 0 aliphatic rings. The van der Waals surface area contributed by atoms with Crippen LogP contribution in [0.1, 0.15) is 13.3 Å². The van der Waals surface area contributed by atoms with Gasteiger partial charge in [0, 0.05) is 25.0 Å². The van der Waals surface area contributed by atoms with Gasteiger partial charge in [-0.25, -0.2) is 9.97 Å². The van der Waals surface area contributed by atoms with Crippen molar-refractivity contribution in [3.8, 4) is 0 Å². The predicted octanol–water partition coefficient (Wildman–Crippen LogP) is 1.39. The summed E-state index contributed by atoms with van der Waals surface area (Å²) in [5, 5.41) is 3.05. The molecule has 1 unspecified atom stereocenters. The highest BCUT2D eigenvalue weighted by atomic mass is 79.9. The zero-order valence-corrected chi connectivity index (χ0v) is 9.08. The first kappa shape index (κ1) is 10.4. The van der Waals surface area contributed by atoms with Gasteiger partial charge in [0.05, 0.1) is 4.47 Å². The van der Waals surface area contributed by atoms with Crippen LogP contribution < -0.4 is 11.1 Å². The normalized spacial score (nSPS) is 12.5. The van der Waals surface area contributed by atoms with E-state index in [0.29, 0.717) is 12.5 Å².